The largest absolute Gasteiger partial charge is 0.481 e. The molecule has 4 rings (SSSR count). The summed E-state index contributed by atoms with van der Waals surface area (Å²) in [6.45, 7) is 2.41. The lowest BCUT2D eigenvalue weighted by atomic mass is 9.97. The van der Waals surface area contributed by atoms with Crippen LogP contribution in [0, 0.1) is 5.92 Å². The summed E-state index contributed by atoms with van der Waals surface area (Å²) >= 11 is 0. The van der Waals surface area contributed by atoms with Crippen LogP contribution in [0.2, 0.25) is 0 Å². The molecule has 0 bridgehead atoms. The van der Waals surface area contributed by atoms with Gasteiger partial charge in [0.1, 0.15) is 18.0 Å². The number of carbonyl (C=O) groups is 1. The summed E-state index contributed by atoms with van der Waals surface area (Å²) < 4.78 is 0. The molecule has 1 saturated heterocycles. The van der Waals surface area contributed by atoms with Crippen molar-refractivity contribution in [1.29, 1.82) is 0 Å². The second-order valence-corrected chi connectivity index (χ2v) is 6.72. The van der Waals surface area contributed by atoms with Crippen molar-refractivity contribution >= 4 is 23.3 Å². The van der Waals surface area contributed by atoms with Crippen LogP contribution in [0.25, 0.3) is 0 Å². The van der Waals surface area contributed by atoms with Crippen LogP contribution in [0.4, 0.5) is 17.3 Å². The van der Waals surface area contributed by atoms with E-state index in [4.69, 9.17) is 5.11 Å². The summed E-state index contributed by atoms with van der Waals surface area (Å²) in [7, 11) is 0. The fourth-order valence-electron chi connectivity index (χ4n) is 3.78. The highest BCUT2D eigenvalue weighted by molar-refractivity contribution is 5.70. The van der Waals surface area contributed by atoms with E-state index in [0.29, 0.717) is 12.8 Å². The third-order valence-corrected chi connectivity index (χ3v) is 5.19. The van der Waals surface area contributed by atoms with Gasteiger partial charge in [0.2, 0.25) is 0 Å². The maximum absolute atomic E-state index is 11.1. The van der Waals surface area contributed by atoms with Crippen LogP contribution in [-0.4, -0.2) is 40.7 Å². The van der Waals surface area contributed by atoms with Crippen LogP contribution in [0.1, 0.15) is 24.8 Å². The highest BCUT2D eigenvalue weighted by atomic mass is 16.4. The number of aromatic nitrogens is 2. The number of carboxylic acid groups (broad SMARTS) is 1. The second-order valence-electron chi connectivity index (χ2n) is 6.72. The van der Waals surface area contributed by atoms with E-state index >= 15 is 0 Å². The predicted molar refractivity (Wildman–Crippen MR) is 96.4 cm³/mol. The molecule has 1 aromatic carbocycles. The molecule has 2 aliphatic heterocycles. The van der Waals surface area contributed by atoms with Crippen molar-refractivity contribution in [2.75, 3.05) is 29.4 Å². The van der Waals surface area contributed by atoms with E-state index in [1.165, 1.54) is 11.3 Å². The van der Waals surface area contributed by atoms with Crippen molar-refractivity contribution in [3.63, 3.8) is 0 Å². The van der Waals surface area contributed by atoms with Crippen molar-refractivity contribution in [2.24, 2.45) is 5.92 Å². The third kappa shape index (κ3) is 3.16. The van der Waals surface area contributed by atoms with Crippen LogP contribution in [0.5, 0.6) is 0 Å². The maximum Gasteiger partial charge on any atom is 0.306 e. The Balaban J connectivity index is 1.56. The van der Waals surface area contributed by atoms with Crippen molar-refractivity contribution in [1.82, 2.24) is 9.97 Å². The van der Waals surface area contributed by atoms with Gasteiger partial charge in [0.15, 0.2) is 0 Å². The molecule has 6 nitrogen and oxygen atoms in total. The minimum Gasteiger partial charge on any atom is -0.481 e. The molecule has 0 unspecified atom stereocenters. The molecule has 25 heavy (non-hydrogen) atoms. The summed E-state index contributed by atoms with van der Waals surface area (Å²) in [4.78, 5) is 24.5. The number of rotatable bonds is 3. The number of hydrogen-bond acceptors (Lipinski definition) is 5. The molecule has 0 amide bonds. The highest BCUT2D eigenvalue weighted by Crippen LogP contribution is 2.33. The number of para-hydroxylation sites is 1. The Morgan fingerprint density at radius 3 is 2.64 bits per heavy atom. The Hall–Kier alpha value is -2.63. The summed E-state index contributed by atoms with van der Waals surface area (Å²) in [5.74, 6) is 0.883. The van der Waals surface area contributed by atoms with Gasteiger partial charge in [-0.2, -0.15) is 0 Å². The Morgan fingerprint density at radius 1 is 1.08 bits per heavy atom. The molecular formula is C19H22N4O2. The Kier molecular flexibility index (Phi) is 4.26. The number of nitrogens with zero attached hydrogens (tertiary/aromatic N) is 4. The lowest BCUT2D eigenvalue weighted by Crippen LogP contribution is -2.37. The third-order valence-electron chi connectivity index (χ3n) is 5.19. The maximum atomic E-state index is 11.1. The van der Waals surface area contributed by atoms with Crippen molar-refractivity contribution in [3.05, 3.63) is 42.2 Å². The molecule has 0 radical (unpaired) electrons. The highest BCUT2D eigenvalue weighted by Gasteiger charge is 2.26. The molecule has 1 aromatic heterocycles. The molecule has 0 aliphatic carbocycles. The fraction of sp³-hybridized carbons (Fsp3) is 0.421. The van der Waals surface area contributed by atoms with E-state index in [1.807, 2.05) is 6.07 Å². The SMILES string of the molecule is O=C(O)C1CCN(c2cc(N3CCCc4ccccc43)ncn2)CC1. The predicted octanol–water partition coefficient (Wildman–Crippen LogP) is 2.86. The number of carboxylic acids is 1. The fourth-order valence-corrected chi connectivity index (χ4v) is 3.78. The smallest absolute Gasteiger partial charge is 0.306 e. The molecule has 130 valence electrons. The van der Waals surface area contributed by atoms with Gasteiger partial charge in [0, 0.05) is 31.4 Å². The number of anilines is 3. The number of aliphatic carboxylic acids is 1. The van der Waals surface area contributed by atoms with Crippen LogP contribution < -0.4 is 9.80 Å². The minimum absolute atomic E-state index is 0.230. The number of piperidine rings is 1. The van der Waals surface area contributed by atoms with Gasteiger partial charge in [0.05, 0.1) is 5.92 Å². The quantitative estimate of drug-likeness (QED) is 0.928. The molecule has 6 heteroatoms. The van der Waals surface area contributed by atoms with E-state index in [2.05, 4.69) is 44.0 Å². The zero-order valence-corrected chi connectivity index (χ0v) is 14.1. The number of aryl methyl sites for hydroxylation is 1. The van der Waals surface area contributed by atoms with E-state index in [-0.39, 0.29) is 5.92 Å². The van der Waals surface area contributed by atoms with Gasteiger partial charge in [-0.1, -0.05) is 18.2 Å². The lowest BCUT2D eigenvalue weighted by molar-refractivity contribution is -0.142. The average molecular weight is 338 g/mol. The molecule has 2 aliphatic rings. The van der Waals surface area contributed by atoms with E-state index < -0.39 is 5.97 Å². The summed E-state index contributed by atoms with van der Waals surface area (Å²) in [5, 5.41) is 9.15. The van der Waals surface area contributed by atoms with Crippen LogP contribution in [-0.2, 0) is 11.2 Å². The van der Waals surface area contributed by atoms with Gasteiger partial charge in [-0.15, -0.1) is 0 Å². The van der Waals surface area contributed by atoms with Crippen molar-refractivity contribution in [3.8, 4) is 0 Å². The zero-order valence-electron chi connectivity index (χ0n) is 14.1. The van der Waals surface area contributed by atoms with Gasteiger partial charge in [-0.25, -0.2) is 9.97 Å². The van der Waals surface area contributed by atoms with Gasteiger partial charge in [0.25, 0.3) is 0 Å². The van der Waals surface area contributed by atoms with Crippen LogP contribution >= 0.6 is 0 Å². The topological polar surface area (TPSA) is 69.6 Å². The minimum atomic E-state index is -0.687. The summed E-state index contributed by atoms with van der Waals surface area (Å²) in [6.07, 6.45) is 5.17. The van der Waals surface area contributed by atoms with Gasteiger partial charge in [-0.05, 0) is 37.3 Å². The van der Waals surface area contributed by atoms with Gasteiger partial charge in [-0.3, -0.25) is 4.79 Å². The van der Waals surface area contributed by atoms with E-state index in [1.54, 1.807) is 6.33 Å². The first-order valence-corrected chi connectivity index (χ1v) is 8.87. The molecule has 2 aromatic rings. The summed E-state index contributed by atoms with van der Waals surface area (Å²) in [5.41, 5.74) is 2.58. The van der Waals surface area contributed by atoms with E-state index in [9.17, 15) is 4.79 Å². The number of fused-ring (bicyclic) bond motifs is 1. The standard InChI is InChI=1S/C19H22N4O2/c24-19(25)15-7-10-22(11-8-15)17-12-18(21-13-20-17)23-9-3-5-14-4-1-2-6-16(14)23/h1-2,4,6,12-13,15H,3,5,7-11H2,(H,24,25). The molecule has 0 atom stereocenters. The molecule has 0 saturated carbocycles. The normalized spacial score (nSPS) is 18.1. The first-order valence-electron chi connectivity index (χ1n) is 8.87. The molecule has 1 fully saturated rings. The van der Waals surface area contributed by atoms with Crippen molar-refractivity contribution < 1.29 is 9.90 Å². The second kappa shape index (κ2) is 6.70. The average Bonchev–Trinajstić information content (AvgIpc) is 2.68. The monoisotopic (exact) mass is 338 g/mol. The summed E-state index contributed by atoms with van der Waals surface area (Å²) in [6, 6.07) is 10.5. The van der Waals surface area contributed by atoms with Crippen molar-refractivity contribution in [2.45, 2.75) is 25.7 Å². The Bertz CT molecular complexity index is 772. The van der Waals surface area contributed by atoms with Gasteiger partial charge >= 0.3 is 5.97 Å². The molecule has 0 spiro atoms. The first kappa shape index (κ1) is 15.9. The first-order chi connectivity index (χ1) is 12.2. The molecule has 1 N–H and O–H groups in total. The van der Waals surface area contributed by atoms with Crippen LogP contribution in [0.15, 0.2) is 36.7 Å². The lowest BCUT2D eigenvalue weighted by Gasteiger charge is -2.33. The molecular weight excluding hydrogens is 316 g/mol. The zero-order chi connectivity index (χ0) is 17.2. The molecule has 3 heterocycles. The van der Waals surface area contributed by atoms with E-state index in [0.717, 1.165) is 44.1 Å². The number of hydrogen-bond donors (Lipinski definition) is 1. The Morgan fingerprint density at radius 2 is 1.84 bits per heavy atom. The van der Waals surface area contributed by atoms with Crippen LogP contribution in [0.3, 0.4) is 0 Å². The van der Waals surface area contributed by atoms with Gasteiger partial charge < -0.3 is 14.9 Å². The number of benzene rings is 1. The Labute approximate surface area is 147 Å².